The third-order valence-corrected chi connectivity index (χ3v) is 7.61. The number of fused-ring (bicyclic) bond motifs is 1. The Morgan fingerprint density at radius 3 is 2.59 bits per heavy atom. The number of carbonyl (C=O) groups is 1. The van der Waals surface area contributed by atoms with Gasteiger partial charge in [0.25, 0.3) is 0 Å². The van der Waals surface area contributed by atoms with Crippen LogP contribution in [0.15, 0.2) is 66.7 Å². The zero-order valence-electron chi connectivity index (χ0n) is 17.7. The van der Waals surface area contributed by atoms with Gasteiger partial charge in [-0.1, -0.05) is 48.5 Å². The SMILES string of the molecule is Cc1cc(NC(=O)Cn2c(-c3ccccc3)cc3ccccc32)n([C@H]2CCS(=O)(=O)C2)n1. The highest BCUT2D eigenvalue weighted by atomic mass is 32.2. The standard InChI is InChI=1S/C24H24N4O3S/c1-17-13-23(28(26-17)20-11-12-32(30,31)16-20)25-24(29)15-27-21-10-6-5-9-19(21)14-22(27)18-7-3-2-4-8-18/h2-10,13-14,20H,11-12,15-16H2,1H3,(H,25,29)/t20-/m0/s1. The predicted octanol–water partition coefficient (Wildman–Crippen LogP) is 3.81. The summed E-state index contributed by atoms with van der Waals surface area (Å²) >= 11 is 0. The van der Waals surface area contributed by atoms with E-state index in [2.05, 4.69) is 16.5 Å². The minimum absolute atomic E-state index is 0.0530. The Labute approximate surface area is 186 Å². The molecular formula is C24H24N4O3S. The Bertz CT molecular complexity index is 1400. The highest BCUT2D eigenvalue weighted by Gasteiger charge is 2.31. The van der Waals surface area contributed by atoms with Crippen LogP contribution >= 0.6 is 0 Å². The zero-order valence-corrected chi connectivity index (χ0v) is 18.5. The molecule has 7 nitrogen and oxygen atoms in total. The number of nitrogens with zero attached hydrogens (tertiary/aromatic N) is 3. The number of hydrogen-bond donors (Lipinski definition) is 1. The van der Waals surface area contributed by atoms with Crippen molar-refractivity contribution in [3.05, 3.63) is 72.4 Å². The van der Waals surface area contributed by atoms with E-state index in [1.165, 1.54) is 0 Å². The van der Waals surface area contributed by atoms with Crippen LogP contribution in [0.2, 0.25) is 0 Å². The number of anilines is 1. The molecule has 32 heavy (non-hydrogen) atoms. The maximum absolute atomic E-state index is 13.1. The van der Waals surface area contributed by atoms with Crippen LogP contribution in [0.25, 0.3) is 22.2 Å². The van der Waals surface area contributed by atoms with Gasteiger partial charge in [0.15, 0.2) is 9.84 Å². The van der Waals surface area contributed by atoms with Crippen molar-refractivity contribution in [3.63, 3.8) is 0 Å². The van der Waals surface area contributed by atoms with Crippen molar-refractivity contribution in [1.29, 1.82) is 0 Å². The molecule has 5 rings (SSSR count). The molecule has 2 aromatic heterocycles. The van der Waals surface area contributed by atoms with Crippen molar-refractivity contribution in [3.8, 4) is 11.3 Å². The summed E-state index contributed by atoms with van der Waals surface area (Å²) in [7, 11) is -3.06. The molecule has 1 fully saturated rings. The number of benzene rings is 2. The van der Waals surface area contributed by atoms with Crippen LogP contribution in [0, 0.1) is 6.92 Å². The fourth-order valence-electron chi connectivity index (χ4n) is 4.41. The van der Waals surface area contributed by atoms with Gasteiger partial charge in [-0.2, -0.15) is 5.10 Å². The lowest BCUT2D eigenvalue weighted by atomic mass is 10.1. The molecular weight excluding hydrogens is 424 g/mol. The molecule has 1 aliphatic rings. The van der Waals surface area contributed by atoms with E-state index in [1.807, 2.05) is 66.1 Å². The first-order chi connectivity index (χ1) is 15.4. The number of rotatable bonds is 5. The Morgan fingerprint density at radius 2 is 1.84 bits per heavy atom. The van der Waals surface area contributed by atoms with E-state index in [4.69, 9.17) is 0 Å². The summed E-state index contributed by atoms with van der Waals surface area (Å²) in [5, 5.41) is 8.48. The number of aryl methyl sites for hydroxylation is 1. The molecule has 8 heteroatoms. The van der Waals surface area contributed by atoms with Gasteiger partial charge in [0, 0.05) is 22.7 Å². The lowest BCUT2D eigenvalue weighted by Crippen LogP contribution is -2.23. The van der Waals surface area contributed by atoms with Gasteiger partial charge in [0.2, 0.25) is 5.91 Å². The molecule has 0 spiro atoms. The minimum Gasteiger partial charge on any atom is -0.331 e. The number of hydrogen-bond acceptors (Lipinski definition) is 4. The molecule has 1 saturated heterocycles. The molecule has 0 aliphatic carbocycles. The second-order valence-corrected chi connectivity index (χ2v) is 10.5. The highest BCUT2D eigenvalue weighted by Crippen LogP contribution is 2.29. The van der Waals surface area contributed by atoms with Gasteiger partial charge in [-0.15, -0.1) is 0 Å². The number of nitrogens with one attached hydrogen (secondary N) is 1. The van der Waals surface area contributed by atoms with Crippen LogP contribution in [0.4, 0.5) is 5.82 Å². The van der Waals surface area contributed by atoms with Gasteiger partial charge in [0.1, 0.15) is 12.4 Å². The summed E-state index contributed by atoms with van der Waals surface area (Å²) in [6, 6.07) is 21.6. The summed E-state index contributed by atoms with van der Waals surface area (Å²) in [5.41, 5.74) is 3.72. The van der Waals surface area contributed by atoms with Crippen LogP contribution in [0.5, 0.6) is 0 Å². The second-order valence-electron chi connectivity index (χ2n) is 8.26. The maximum Gasteiger partial charge on any atom is 0.245 e. The van der Waals surface area contributed by atoms with Gasteiger partial charge in [-0.05, 0) is 31.0 Å². The second kappa shape index (κ2) is 7.94. The Balaban J connectivity index is 1.45. The van der Waals surface area contributed by atoms with E-state index in [0.29, 0.717) is 12.2 Å². The lowest BCUT2D eigenvalue weighted by Gasteiger charge is -2.15. The minimum atomic E-state index is -3.06. The van der Waals surface area contributed by atoms with Crippen LogP contribution < -0.4 is 5.32 Å². The topological polar surface area (TPSA) is 86.0 Å². The molecule has 3 heterocycles. The van der Waals surface area contributed by atoms with Crippen molar-refractivity contribution in [2.75, 3.05) is 16.8 Å². The third kappa shape index (κ3) is 3.93. The molecule has 0 bridgehead atoms. The van der Waals surface area contributed by atoms with Gasteiger partial charge in [0.05, 0.1) is 23.2 Å². The van der Waals surface area contributed by atoms with E-state index in [9.17, 15) is 13.2 Å². The van der Waals surface area contributed by atoms with Gasteiger partial charge in [-0.25, -0.2) is 13.1 Å². The Morgan fingerprint density at radius 1 is 1.09 bits per heavy atom. The van der Waals surface area contributed by atoms with E-state index >= 15 is 0 Å². The van der Waals surface area contributed by atoms with Crippen molar-refractivity contribution in [2.24, 2.45) is 0 Å². The Hall–Kier alpha value is -3.39. The van der Waals surface area contributed by atoms with E-state index in [1.54, 1.807) is 10.7 Å². The largest absolute Gasteiger partial charge is 0.331 e. The number of amides is 1. The molecule has 1 atom stereocenters. The molecule has 1 aliphatic heterocycles. The Kier molecular flexibility index (Phi) is 5.09. The molecule has 4 aromatic rings. The van der Waals surface area contributed by atoms with Gasteiger partial charge < -0.3 is 9.88 Å². The lowest BCUT2D eigenvalue weighted by molar-refractivity contribution is -0.116. The highest BCUT2D eigenvalue weighted by molar-refractivity contribution is 7.91. The van der Waals surface area contributed by atoms with E-state index in [0.717, 1.165) is 27.9 Å². The van der Waals surface area contributed by atoms with Crippen LogP contribution in [0.1, 0.15) is 18.2 Å². The molecule has 0 unspecified atom stereocenters. The summed E-state index contributed by atoms with van der Waals surface area (Å²) < 4.78 is 27.5. The summed E-state index contributed by atoms with van der Waals surface area (Å²) in [6.45, 7) is 1.97. The quantitative estimate of drug-likeness (QED) is 0.503. The molecule has 1 amide bonds. The number of sulfone groups is 1. The molecule has 0 radical (unpaired) electrons. The average Bonchev–Trinajstić information content (AvgIpc) is 3.43. The maximum atomic E-state index is 13.1. The number of aromatic nitrogens is 3. The number of carbonyl (C=O) groups excluding carboxylic acids is 1. The van der Waals surface area contributed by atoms with Crippen LogP contribution in [-0.2, 0) is 21.2 Å². The van der Waals surface area contributed by atoms with Crippen molar-refractivity contribution in [2.45, 2.75) is 25.9 Å². The number of para-hydroxylation sites is 1. The first kappa shape index (κ1) is 20.5. The van der Waals surface area contributed by atoms with Crippen molar-refractivity contribution < 1.29 is 13.2 Å². The smallest absolute Gasteiger partial charge is 0.245 e. The van der Waals surface area contributed by atoms with Gasteiger partial charge in [-0.3, -0.25) is 4.79 Å². The normalized spacial score (nSPS) is 17.6. The first-order valence-electron chi connectivity index (χ1n) is 10.6. The third-order valence-electron chi connectivity index (χ3n) is 5.86. The van der Waals surface area contributed by atoms with Crippen molar-refractivity contribution in [1.82, 2.24) is 14.3 Å². The summed E-state index contributed by atoms with van der Waals surface area (Å²) in [5.74, 6) is 0.551. The molecule has 1 N–H and O–H groups in total. The van der Waals surface area contributed by atoms with Gasteiger partial charge >= 0.3 is 0 Å². The monoisotopic (exact) mass is 448 g/mol. The molecule has 0 saturated carbocycles. The molecule has 2 aromatic carbocycles. The van der Waals surface area contributed by atoms with E-state index < -0.39 is 9.84 Å². The summed E-state index contributed by atoms with van der Waals surface area (Å²) in [4.78, 5) is 13.1. The fourth-order valence-corrected chi connectivity index (χ4v) is 6.10. The average molecular weight is 449 g/mol. The first-order valence-corrected chi connectivity index (χ1v) is 12.4. The zero-order chi connectivity index (χ0) is 22.3. The summed E-state index contributed by atoms with van der Waals surface area (Å²) in [6.07, 6.45) is 0.507. The van der Waals surface area contributed by atoms with E-state index in [-0.39, 0.29) is 30.0 Å². The predicted molar refractivity (Wildman–Crippen MR) is 125 cm³/mol. The van der Waals surface area contributed by atoms with Crippen molar-refractivity contribution >= 4 is 32.5 Å². The fraction of sp³-hybridized carbons (Fsp3) is 0.250. The molecule has 164 valence electrons. The van der Waals surface area contributed by atoms with Crippen LogP contribution in [0.3, 0.4) is 0 Å². The van der Waals surface area contributed by atoms with Crippen LogP contribution in [-0.4, -0.2) is 40.2 Å².